The molecule has 0 aliphatic carbocycles. The van der Waals surface area contributed by atoms with Crippen LogP contribution in [0.5, 0.6) is 0 Å². The third-order valence-electron chi connectivity index (χ3n) is 4.39. The molecule has 3 aromatic rings. The zero-order chi connectivity index (χ0) is 16.1. The Hall–Kier alpha value is -2.14. The van der Waals surface area contributed by atoms with Crippen LogP contribution in [0.3, 0.4) is 0 Å². The van der Waals surface area contributed by atoms with Gasteiger partial charge in [0.1, 0.15) is 11.3 Å². The lowest BCUT2D eigenvalue weighted by Crippen LogP contribution is -2.36. The van der Waals surface area contributed by atoms with E-state index in [9.17, 15) is 4.79 Å². The fourth-order valence-electron chi connectivity index (χ4n) is 3.38. The van der Waals surface area contributed by atoms with Gasteiger partial charge < -0.3 is 4.90 Å². The van der Waals surface area contributed by atoms with Crippen LogP contribution in [0.25, 0.3) is 5.65 Å². The Morgan fingerprint density at radius 2 is 2.04 bits per heavy atom. The number of anilines is 1. The molecule has 0 spiro atoms. The minimum absolute atomic E-state index is 0.00514. The van der Waals surface area contributed by atoms with E-state index in [4.69, 9.17) is 0 Å². The number of carbonyl (C=O) groups excluding carboxylic acids is 1. The van der Waals surface area contributed by atoms with Crippen molar-refractivity contribution in [1.82, 2.24) is 9.38 Å². The van der Waals surface area contributed by atoms with E-state index in [2.05, 4.69) is 33.9 Å². The van der Waals surface area contributed by atoms with Crippen molar-refractivity contribution in [2.24, 2.45) is 0 Å². The van der Waals surface area contributed by atoms with Crippen LogP contribution in [0.15, 0.2) is 47.1 Å². The first-order valence-electron chi connectivity index (χ1n) is 7.62. The second-order valence-electron chi connectivity index (χ2n) is 5.98. The number of aryl methyl sites for hydroxylation is 1. The summed E-state index contributed by atoms with van der Waals surface area (Å²) in [6, 6.07) is 12.1. The quantitative estimate of drug-likeness (QED) is 0.650. The van der Waals surface area contributed by atoms with Gasteiger partial charge in [0.15, 0.2) is 0 Å². The molecule has 0 saturated heterocycles. The lowest BCUT2D eigenvalue weighted by molar-refractivity contribution is 0.0975. The summed E-state index contributed by atoms with van der Waals surface area (Å²) < 4.78 is 2.79. The van der Waals surface area contributed by atoms with Crippen molar-refractivity contribution < 1.29 is 4.79 Å². The van der Waals surface area contributed by atoms with Gasteiger partial charge in [-0.15, -0.1) is 0 Å². The van der Waals surface area contributed by atoms with Gasteiger partial charge in [0.25, 0.3) is 5.91 Å². The fraction of sp³-hybridized carbons (Fsp3) is 0.222. The van der Waals surface area contributed by atoms with Gasteiger partial charge >= 0.3 is 0 Å². The summed E-state index contributed by atoms with van der Waals surface area (Å²) >= 11 is 3.47. The second-order valence-corrected chi connectivity index (χ2v) is 6.89. The monoisotopic (exact) mass is 369 g/mol. The largest absolute Gasteiger partial charge is 0.304 e. The Morgan fingerprint density at radius 1 is 1.26 bits per heavy atom. The van der Waals surface area contributed by atoms with Gasteiger partial charge in [-0.3, -0.25) is 9.20 Å². The third kappa shape index (κ3) is 2.18. The molecule has 1 aliphatic rings. The zero-order valence-electron chi connectivity index (χ0n) is 13.0. The molecule has 5 heteroatoms. The molecule has 4 rings (SSSR count). The van der Waals surface area contributed by atoms with Crippen molar-refractivity contribution in [1.29, 1.82) is 0 Å². The lowest BCUT2D eigenvalue weighted by atomic mass is 10.1. The molecule has 1 atom stereocenters. The van der Waals surface area contributed by atoms with E-state index in [0.717, 1.165) is 27.9 Å². The summed E-state index contributed by atoms with van der Waals surface area (Å²) in [7, 11) is 0. The van der Waals surface area contributed by atoms with E-state index >= 15 is 0 Å². The van der Waals surface area contributed by atoms with Crippen LogP contribution < -0.4 is 4.90 Å². The number of hydrogen-bond donors (Lipinski definition) is 0. The molecule has 3 heterocycles. The highest BCUT2D eigenvalue weighted by Crippen LogP contribution is 2.33. The number of hydrogen-bond acceptors (Lipinski definition) is 2. The minimum atomic E-state index is 0.00514. The third-order valence-corrected chi connectivity index (χ3v) is 4.85. The summed E-state index contributed by atoms with van der Waals surface area (Å²) in [6.07, 6.45) is 2.79. The maximum atomic E-state index is 13.3. The van der Waals surface area contributed by atoms with Gasteiger partial charge in [0, 0.05) is 22.4 Å². The summed E-state index contributed by atoms with van der Waals surface area (Å²) in [4.78, 5) is 19.7. The highest BCUT2D eigenvalue weighted by Gasteiger charge is 2.33. The first-order valence-corrected chi connectivity index (χ1v) is 8.41. The summed E-state index contributed by atoms with van der Waals surface area (Å²) in [5.74, 6) is 0.00514. The smallest absolute Gasteiger partial charge is 0.277 e. The Balaban J connectivity index is 1.87. The number of rotatable bonds is 1. The molecule has 4 nitrogen and oxygen atoms in total. The number of benzene rings is 1. The van der Waals surface area contributed by atoms with E-state index in [1.54, 1.807) is 0 Å². The number of pyridine rings is 1. The summed E-state index contributed by atoms with van der Waals surface area (Å²) in [5, 5.41) is 0. The van der Waals surface area contributed by atoms with Gasteiger partial charge in [0.05, 0.1) is 5.69 Å². The standard InChI is InChI=1S/C18H16BrN3O/c1-11-9-13-5-3-4-6-15(13)22(11)18(23)17-12(2)20-16-8-7-14(19)10-21(16)17/h3-8,10-11H,9H2,1-2H3. The van der Waals surface area contributed by atoms with Crippen LogP contribution in [0.4, 0.5) is 5.69 Å². The van der Waals surface area contributed by atoms with E-state index < -0.39 is 0 Å². The van der Waals surface area contributed by atoms with Crippen LogP contribution in [0, 0.1) is 6.92 Å². The average Bonchev–Trinajstić information content (AvgIpc) is 3.01. The van der Waals surface area contributed by atoms with Crippen molar-refractivity contribution in [3.63, 3.8) is 0 Å². The van der Waals surface area contributed by atoms with E-state index in [0.29, 0.717) is 5.69 Å². The predicted molar refractivity (Wildman–Crippen MR) is 94.0 cm³/mol. The predicted octanol–water partition coefficient (Wildman–Crippen LogP) is 4.00. The summed E-state index contributed by atoms with van der Waals surface area (Å²) in [5.41, 5.74) is 4.40. The second kappa shape index (κ2) is 5.20. The van der Waals surface area contributed by atoms with E-state index in [1.165, 1.54) is 5.56 Å². The Morgan fingerprint density at radius 3 is 2.87 bits per heavy atom. The van der Waals surface area contributed by atoms with Crippen molar-refractivity contribution in [2.75, 3.05) is 4.90 Å². The van der Waals surface area contributed by atoms with E-state index in [1.807, 2.05) is 52.8 Å². The minimum Gasteiger partial charge on any atom is -0.304 e. The molecule has 23 heavy (non-hydrogen) atoms. The van der Waals surface area contributed by atoms with Crippen molar-refractivity contribution >= 4 is 33.2 Å². The van der Waals surface area contributed by atoms with Gasteiger partial charge in [-0.05, 0) is 60.0 Å². The molecule has 1 unspecified atom stereocenters. The number of imidazole rings is 1. The molecule has 1 amide bonds. The fourth-order valence-corrected chi connectivity index (χ4v) is 3.72. The van der Waals surface area contributed by atoms with Crippen molar-refractivity contribution in [2.45, 2.75) is 26.3 Å². The normalized spacial score (nSPS) is 16.8. The van der Waals surface area contributed by atoms with Crippen molar-refractivity contribution in [3.05, 3.63) is 64.0 Å². The lowest BCUT2D eigenvalue weighted by Gasteiger charge is -2.22. The number of amides is 1. The number of halogens is 1. The number of para-hydroxylation sites is 1. The Bertz CT molecular complexity index is 931. The molecular weight excluding hydrogens is 354 g/mol. The number of nitrogens with zero attached hydrogens (tertiary/aromatic N) is 3. The van der Waals surface area contributed by atoms with Crippen LogP contribution in [-0.2, 0) is 6.42 Å². The Labute approximate surface area is 142 Å². The van der Waals surface area contributed by atoms with Gasteiger partial charge in [0.2, 0.25) is 0 Å². The van der Waals surface area contributed by atoms with Crippen LogP contribution in [-0.4, -0.2) is 21.3 Å². The molecule has 0 saturated carbocycles. The Kier molecular flexibility index (Phi) is 3.27. The average molecular weight is 370 g/mol. The summed E-state index contributed by atoms with van der Waals surface area (Å²) in [6.45, 7) is 3.98. The van der Waals surface area contributed by atoms with Gasteiger partial charge in [-0.25, -0.2) is 4.98 Å². The molecule has 0 N–H and O–H groups in total. The molecular formula is C18H16BrN3O. The van der Waals surface area contributed by atoms with Gasteiger partial charge in [-0.2, -0.15) is 0 Å². The molecule has 116 valence electrons. The molecule has 1 aromatic carbocycles. The number of aromatic nitrogens is 2. The highest BCUT2D eigenvalue weighted by atomic mass is 79.9. The number of fused-ring (bicyclic) bond motifs is 2. The van der Waals surface area contributed by atoms with Crippen LogP contribution in [0.2, 0.25) is 0 Å². The molecule has 0 radical (unpaired) electrons. The molecule has 1 aliphatic heterocycles. The first kappa shape index (κ1) is 14.5. The zero-order valence-corrected chi connectivity index (χ0v) is 14.5. The van der Waals surface area contributed by atoms with Gasteiger partial charge in [-0.1, -0.05) is 18.2 Å². The van der Waals surface area contributed by atoms with Crippen LogP contribution in [0.1, 0.15) is 28.7 Å². The van der Waals surface area contributed by atoms with Crippen LogP contribution >= 0.6 is 15.9 Å². The highest BCUT2D eigenvalue weighted by molar-refractivity contribution is 9.10. The van der Waals surface area contributed by atoms with E-state index in [-0.39, 0.29) is 11.9 Å². The number of carbonyl (C=O) groups is 1. The van der Waals surface area contributed by atoms with Crippen molar-refractivity contribution in [3.8, 4) is 0 Å². The topological polar surface area (TPSA) is 37.6 Å². The molecule has 0 fully saturated rings. The maximum absolute atomic E-state index is 13.3. The molecule has 2 aromatic heterocycles. The maximum Gasteiger partial charge on any atom is 0.277 e. The SMILES string of the molecule is Cc1nc2ccc(Br)cn2c1C(=O)N1c2ccccc2CC1C. The molecule has 0 bridgehead atoms. The first-order chi connectivity index (χ1) is 11.1.